The number of nitrogens with one attached hydrogen (secondary N) is 1. The third-order valence-electron chi connectivity index (χ3n) is 4.01. The van der Waals surface area contributed by atoms with E-state index < -0.39 is 0 Å². The van der Waals surface area contributed by atoms with Crippen LogP contribution in [0.2, 0.25) is 0 Å². The molecule has 1 aliphatic rings. The predicted molar refractivity (Wildman–Crippen MR) is 90.4 cm³/mol. The largest absolute Gasteiger partial charge is 0.398 e. The van der Waals surface area contributed by atoms with Crippen molar-refractivity contribution in [2.45, 2.75) is 38.6 Å². The predicted octanol–water partition coefficient (Wildman–Crippen LogP) is 3.03. The summed E-state index contributed by atoms with van der Waals surface area (Å²) in [5.41, 5.74) is 6.96. The first-order valence-corrected chi connectivity index (χ1v) is 8.47. The number of piperidine rings is 1. The van der Waals surface area contributed by atoms with Crippen LogP contribution in [0, 0.1) is 0 Å². The van der Waals surface area contributed by atoms with Crippen LogP contribution in [0.15, 0.2) is 22.7 Å². The summed E-state index contributed by atoms with van der Waals surface area (Å²) in [6, 6.07) is 5.64. The molecule has 1 aromatic carbocycles. The molecule has 21 heavy (non-hydrogen) atoms. The van der Waals surface area contributed by atoms with Crippen LogP contribution in [0.4, 0.5) is 5.69 Å². The van der Waals surface area contributed by atoms with Crippen LogP contribution >= 0.6 is 15.9 Å². The minimum absolute atomic E-state index is 0.0687. The molecule has 0 bridgehead atoms. The molecule has 1 heterocycles. The highest BCUT2D eigenvalue weighted by molar-refractivity contribution is 9.10. The van der Waals surface area contributed by atoms with Gasteiger partial charge in [-0.3, -0.25) is 4.79 Å². The van der Waals surface area contributed by atoms with Gasteiger partial charge in [0.1, 0.15) is 0 Å². The second-order valence-electron chi connectivity index (χ2n) is 5.67. The Bertz CT molecular complexity index is 484. The Balaban J connectivity index is 1.85. The number of nitrogens with two attached hydrogens (primary N) is 1. The Morgan fingerprint density at radius 3 is 2.81 bits per heavy atom. The van der Waals surface area contributed by atoms with Gasteiger partial charge in [0, 0.05) is 29.3 Å². The smallest absolute Gasteiger partial charge is 0.253 e. The molecule has 1 aromatic rings. The molecule has 0 aliphatic carbocycles. The number of carbonyl (C=O) groups is 1. The van der Waals surface area contributed by atoms with Crippen LogP contribution in [-0.4, -0.2) is 36.5 Å². The standard InChI is InChI=1S/C16H24BrN3O/c1-2-3-8-20-9-6-13(7-10-20)19-16(21)14-11-12(17)4-5-15(14)18/h4-5,11,13H,2-3,6-10,18H2,1H3,(H,19,21). The molecule has 0 aromatic heterocycles. The van der Waals surface area contributed by atoms with Crippen molar-refractivity contribution in [2.75, 3.05) is 25.4 Å². The maximum absolute atomic E-state index is 12.3. The number of anilines is 1. The summed E-state index contributed by atoms with van der Waals surface area (Å²) in [5.74, 6) is -0.0687. The number of carbonyl (C=O) groups excluding carboxylic acids is 1. The van der Waals surface area contributed by atoms with Crippen molar-refractivity contribution in [2.24, 2.45) is 0 Å². The lowest BCUT2D eigenvalue weighted by atomic mass is 10.0. The number of rotatable bonds is 5. The lowest BCUT2D eigenvalue weighted by Gasteiger charge is -2.32. The Labute approximate surface area is 135 Å². The highest BCUT2D eigenvalue weighted by atomic mass is 79.9. The number of halogens is 1. The van der Waals surface area contributed by atoms with Gasteiger partial charge in [-0.05, 0) is 44.0 Å². The second kappa shape index (κ2) is 7.80. The molecule has 0 saturated carbocycles. The van der Waals surface area contributed by atoms with Gasteiger partial charge in [-0.15, -0.1) is 0 Å². The molecule has 0 unspecified atom stereocenters. The van der Waals surface area contributed by atoms with Crippen molar-refractivity contribution < 1.29 is 4.79 Å². The van der Waals surface area contributed by atoms with E-state index in [1.54, 1.807) is 12.1 Å². The summed E-state index contributed by atoms with van der Waals surface area (Å²) in [6.07, 6.45) is 4.52. The molecule has 4 nitrogen and oxygen atoms in total. The molecule has 0 atom stereocenters. The average Bonchev–Trinajstić information content (AvgIpc) is 2.49. The molecule has 1 amide bonds. The average molecular weight is 354 g/mol. The summed E-state index contributed by atoms with van der Waals surface area (Å²) >= 11 is 3.38. The van der Waals surface area contributed by atoms with Crippen molar-refractivity contribution in [3.63, 3.8) is 0 Å². The van der Waals surface area contributed by atoms with E-state index in [1.165, 1.54) is 19.4 Å². The van der Waals surface area contributed by atoms with E-state index in [0.29, 0.717) is 11.3 Å². The molecule has 2 rings (SSSR count). The van der Waals surface area contributed by atoms with Crippen LogP contribution in [0.5, 0.6) is 0 Å². The van der Waals surface area contributed by atoms with Crippen LogP contribution in [0.25, 0.3) is 0 Å². The number of hydrogen-bond donors (Lipinski definition) is 2. The fraction of sp³-hybridized carbons (Fsp3) is 0.562. The molecule has 116 valence electrons. The van der Waals surface area contributed by atoms with E-state index >= 15 is 0 Å². The number of unbranched alkanes of at least 4 members (excludes halogenated alkanes) is 1. The summed E-state index contributed by atoms with van der Waals surface area (Å²) in [4.78, 5) is 14.8. The zero-order valence-electron chi connectivity index (χ0n) is 12.6. The van der Waals surface area contributed by atoms with E-state index in [4.69, 9.17) is 5.73 Å². The van der Waals surface area contributed by atoms with Gasteiger partial charge in [0.15, 0.2) is 0 Å². The fourth-order valence-electron chi connectivity index (χ4n) is 2.67. The molecule has 0 radical (unpaired) electrons. The lowest BCUT2D eigenvalue weighted by molar-refractivity contribution is 0.0911. The molecule has 1 saturated heterocycles. The van der Waals surface area contributed by atoms with Gasteiger partial charge in [-0.25, -0.2) is 0 Å². The second-order valence-corrected chi connectivity index (χ2v) is 6.59. The Morgan fingerprint density at radius 2 is 2.14 bits per heavy atom. The quantitative estimate of drug-likeness (QED) is 0.799. The zero-order chi connectivity index (χ0) is 15.2. The van der Waals surface area contributed by atoms with Gasteiger partial charge in [-0.1, -0.05) is 29.3 Å². The molecule has 1 fully saturated rings. The van der Waals surface area contributed by atoms with E-state index in [9.17, 15) is 4.79 Å². The monoisotopic (exact) mass is 353 g/mol. The minimum atomic E-state index is -0.0687. The lowest BCUT2D eigenvalue weighted by Crippen LogP contribution is -2.44. The highest BCUT2D eigenvalue weighted by Gasteiger charge is 2.21. The number of nitrogens with zero attached hydrogens (tertiary/aromatic N) is 1. The number of benzene rings is 1. The molecule has 1 aliphatic heterocycles. The van der Waals surface area contributed by atoms with Gasteiger partial charge >= 0.3 is 0 Å². The van der Waals surface area contributed by atoms with Crippen molar-refractivity contribution in [3.05, 3.63) is 28.2 Å². The third kappa shape index (κ3) is 4.71. The fourth-order valence-corrected chi connectivity index (χ4v) is 3.03. The Hall–Kier alpha value is -1.07. The maximum atomic E-state index is 12.3. The van der Waals surface area contributed by atoms with E-state index in [-0.39, 0.29) is 11.9 Å². The highest BCUT2D eigenvalue weighted by Crippen LogP contribution is 2.19. The topological polar surface area (TPSA) is 58.4 Å². The third-order valence-corrected chi connectivity index (χ3v) is 4.50. The van der Waals surface area contributed by atoms with Gasteiger partial charge in [0.05, 0.1) is 5.56 Å². The van der Waals surface area contributed by atoms with Gasteiger partial charge in [-0.2, -0.15) is 0 Å². The summed E-state index contributed by atoms with van der Waals surface area (Å²) < 4.78 is 0.872. The number of likely N-dealkylation sites (tertiary alicyclic amines) is 1. The van der Waals surface area contributed by atoms with Crippen LogP contribution < -0.4 is 11.1 Å². The normalized spacial score (nSPS) is 16.9. The summed E-state index contributed by atoms with van der Waals surface area (Å²) in [5, 5.41) is 3.11. The van der Waals surface area contributed by atoms with Crippen molar-refractivity contribution in [3.8, 4) is 0 Å². The number of amides is 1. The SMILES string of the molecule is CCCCN1CCC(NC(=O)c2cc(Br)ccc2N)CC1. The molecule has 0 spiro atoms. The first-order chi connectivity index (χ1) is 10.1. The van der Waals surface area contributed by atoms with Gasteiger partial charge in [0.25, 0.3) is 5.91 Å². The first-order valence-electron chi connectivity index (χ1n) is 7.68. The van der Waals surface area contributed by atoms with E-state index in [2.05, 4.69) is 33.1 Å². The molecule has 3 N–H and O–H groups in total. The summed E-state index contributed by atoms with van der Waals surface area (Å²) in [6.45, 7) is 5.53. The van der Waals surface area contributed by atoms with Crippen molar-refractivity contribution >= 4 is 27.5 Å². The minimum Gasteiger partial charge on any atom is -0.398 e. The maximum Gasteiger partial charge on any atom is 0.253 e. The molecular formula is C16H24BrN3O. The van der Waals surface area contributed by atoms with E-state index in [1.807, 2.05) is 6.07 Å². The van der Waals surface area contributed by atoms with Crippen molar-refractivity contribution in [1.82, 2.24) is 10.2 Å². The Kier molecular flexibility index (Phi) is 6.06. The van der Waals surface area contributed by atoms with Gasteiger partial charge < -0.3 is 16.0 Å². The zero-order valence-corrected chi connectivity index (χ0v) is 14.2. The van der Waals surface area contributed by atoms with Crippen LogP contribution in [0.3, 0.4) is 0 Å². The van der Waals surface area contributed by atoms with Crippen LogP contribution in [0.1, 0.15) is 43.0 Å². The van der Waals surface area contributed by atoms with E-state index in [0.717, 1.165) is 30.4 Å². The molecular weight excluding hydrogens is 330 g/mol. The number of hydrogen-bond acceptors (Lipinski definition) is 3. The molecule has 5 heteroatoms. The van der Waals surface area contributed by atoms with Gasteiger partial charge in [0.2, 0.25) is 0 Å². The first kappa shape index (κ1) is 16.3. The number of nitrogen functional groups attached to an aromatic ring is 1. The van der Waals surface area contributed by atoms with Crippen molar-refractivity contribution in [1.29, 1.82) is 0 Å². The summed E-state index contributed by atoms with van der Waals surface area (Å²) in [7, 11) is 0. The Morgan fingerprint density at radius 1 is 1.43 bits per heavy atom. The van der Waals surface area contributed by atoms with Crippen LogP contribution in [-0.2, 0) is 0 Å².